The molecular weight excluding hydrogens is 277 g/mol. The van der Waals surface area contributed by atoms with Crippen molar-refractivity contribution in [2.24, 2.45) is 10.9 Å². The van der Waals surface area contributed by atoms with E-state index in [1.165, 1.54) is 18.4 Å². The van der Waals surface area contributed by atoms with E-state index in [9.17, 15) is 9.18 Å². The minimum absolute atomic E-state index is 0.0192. The van der Waals surface area contributed by atoms with Gasteiger partial charge in [-0.15, -0.1) is 0 Å². The van der Waals surface area contributed by atoms with Crippen molar-refractivity contribution in [1.82, 2.24) is 5.32 Å². The number of aryl methyl sites for hydroxylation is 1. The molecule has 0 bridgehead atoms. The third-order valence-corrected chi connectivity index (χ3v) is 2.89. The molecule has 21 heavy (non-hydrogen) atoms. The van der Waals surface area contributed by atoms with Crippen LogP contribution in [0.1, 0.15) is 27.2 Å². The van der Waals surface area contributed by atoms with Crippen LogP contribution in [0.2, 0.25) is 0 Å². The van der Waals surface area contributed by atoms with Gasteiger partial charge in [0.1, 0.15) is 17.8 Å². The maximum Gasteiger partial charge on any atom is 0.254 e. The number of furan rings is 1. The van der Waals surface area contributed by atoms with Gasteiger partial charge in [-0.25, -0.2) is 4.39 Å². The van der Waals surface area contributed by atoms with Gasteiger partial charge in [0, 0.05) is 17.7 Å². The lowest BCUT2D eigenvalue weighted by Crippen LogP contribution is -2.23. The lowest BCUT2D eigenvalue weighted by molar-refractivity contribution is 0.0950. The van der Waals surface area contributed by atoms with E-state index in [1.54, 1.807) is 13.0 Å². The summed E-state index contributed by atoms with van der Waals surface area (Å²) < 4.78 is 18.9. The van der Waals surface area contributed by atoms with Crippen LogP contribution in [0.4, 0.5) is 4.39 Å². The lowest BCUT2D eigenvalue weighted by atomic mass is 10.1. The Labute approximate surface area is 120 Å². The van der Waals surface area contributed by atoms with E-state index in [2.05, 4.69) is 10.5 Å². The molecule has 0 aliphatic rings. The summed E-state index contributed by atoms with van der Waals surface area (Å²) in [6.07, 6.45) is 1.34. The smallest absolute Gasteiger partial charge is 0.254 e. The number of hydrogen-bond acceptors (Lipinski definition) is 4. The second-order valence-corrected chi connectivity index (χ2v) is 4.42. The molecule has 0 aliphatic carbocycles. The lowest BCUT2D eigenvalue weighted by Gasteiger charge is -2.07. The normalized spacial score (nSPS) is 11.4. The zero-order valence-electron chi connectivity index (χ0n) is 11.3. The van der Waals surface area contributed by atoms with Gasteiger partial charge in [-0.1, -0.05) is 17.3 Å². The van der Waals surface area contributed by atoms with Crippen molar-refractivity contribution in [3.8, 4) is 0 Å². The predicted molar refractivity (Wildman–Crippen MR) is 73.5 cm³/mol. The summed E-state index contributed by atoms with van der Waals surface area (Å²) in [5, 5.41) is 13.9. The number of nitrogens with two attached hydrogens (primary N) is 1. The summed E-state index contributed by atoms with van der Waals surface area (Å²) in [6, 6.07) is 5.69. The van der Waals surface area contributed by atoms with Crippen LogP contribution in [-0.4, -0.2) is 17.0 Å². The van der Waals surface area contributed by atoms with E-state index >= 15 is 0 Å². The highest BCUT2D eigenvalue weighted by molar-refractivity contribution is 5.97. The Kier molecular flexibility index (Phi) is 4.22. The van der Waals surface area contributed by atoms with E-state index in [0.717, 1.165) is 6.07 Å². The highest BCUT2D eigenvalue weighted by atomic mass is 19.1. The summed E-state index contributed by atoms with van der Waals surface area (Å²) in [5.41, 5.74) is 6.29. The van der Waals surface area contributed by atoms with Crippen LogP contribution in [0.3, 0.4) is 0 Å². The monoisotopic (exact) mass is 291 g/mol. The van der Waals surface area contributed by atoms with Gasteiger partial charge in [-0.05, 0) is 19.1 Å². The van der Waals surface area contributed by atoms with Crippen molar-refractivity contribution in [2.75, 3.05) is 0 Å². The molecule has 0 saturated carbocycles. The molecule has 2 rings (SSSR count). The molecule has 0 unspecified atom stereocenters. The largest absolute Gasteiger partial charge is 0.469 e. The number of hydrogen-bond donors (Lipinski definition) is 3. The molecule has 4 N–H and O–H groups in total. The zero-order chi connectivity index (χ0) is 15.4. The summed E-state index contributed by atoms with van der Waals surface area (Å²) in [7, 11) is 0. The Hall–Kier alpha value is -2.83. The standard InChI is InChI=1S/C14H14FN3O3/c1-8-4-11(7-21-8)14(19)17-6-10-3-2-9(5-12(10)15)13(16)18-20/h2-5,7,20H,6H2,1H3,(H2,16,18)(H,17,19). The number of nitrogens with one attached hydrogen (secondary N) is 1. The number of oxime groups is 1. The molecule has 1 heterocycles. The summed E-state index contributed by atoms with van der Waals surface area (Å²) in [4.78, 5) is 11.8. The first kappa shape index (κ1) is 14.6. The van der Waals surface area contributed by atoms with Crippen LogP contribution in [0.15, 0.2) is 40.1 Å². The Morgan fingerprint density at radius 2 is 2.19 bits per heavy atom. The highest BCUT2D eigenvalue weighted by Crippen LogP contribution is 2.11. The van der Waals surface area contributed by atoms with Crippen molar-refractivity contribution in [1.29, 1.82) is 0 Å². The van der Waals surface area contributed by atoms with Crippen LogP contribution >= 0.6 is 0 Å². The Morgan fingerprint density at radius 1 is 1.43 bits per heavy atom. The molecule has 6 nitrogen and oxygen atoms in total. The van der Waals surface area contributed by atoms with Crippen molar-refractivity contribution >= 4 is 11.7 Å². The number of amides is 1. The average Bonchev–Trinajstić information content (AvgIpc) is 2.91. The van der Waals surface area contributed by atoms with Crippen LogP contribution < -0.4 is 11.1 Å². The molecule has 0 radical (unpaired) electrons. The molecule has 1 aromatic carbocycles. The second-order valence-electron chi connectivity index (χ2n) is 4.42. The molecular formula is C14H14FN3O3. The van der Waals surface area contributed by atoms with E-state index in [1.807, 2.05) is 0 Å². The Bertz CT molecular complexity index is 695. The Balaban J connectivity index is 2.05. The van der Waals surface area contributed by atoms with Crippen LogP contribution in [-0.2, 0) is 6.54 Å². The number of halogens is 1. The molecule has 110 valence electrons. The van der Waals surface area contributed by atoms with E-state index < -0.39 is 5.82 Å². The average molecular weight is 291 g/mol. The van der Waals surface area contributed by atoms with Gasteiger partial charge in [0.2, 0.25) is 0 Å². The molecule has 0 atom stereocenters. The molecule has 7 heteroatoms. The van der Waals surface area contributed by atoms with Gasteiger partial charge in [-0.2, -0.15) is 0 Å². The van der Waals surface area contributed by atoms with Gasteiger partial charge in [0.15, 0.2) is 5.84 Å². The summed E-state index contributed by atoms with van der Waals surface area (Å²) >= 11 is 0. The van der Waals surface area contributed by atoms with Crippen LogP contribution in [0, 0.1) is 12.7 Å². The summed E-state index contributed by atoms with van der Waals surface area (Å²) in [5.74, 6) is -0.470. The molecule has 1 amide bonds. The number of benzene rings is 1. The second kappa shape index (κ2) is 6.08. The topological polar surface area (TPSA) is 101 Å². The molecule has 0 fully saturated rings. The van der Waals surface area contributed by atoms with E-state index in [0.29, 0.717) is 11.3 Å². The van der Waals surface area contributed by atoms with Gasteiger partial charge in [0.05, 0.1) is 5.56 Å². The molecule has 0 aliphatic heterocycles. The fraction of sp³-hybridized carbons (Fsp3) is 0.143. The molecule has 0 saturated heterocycles. The molecule has 2 aromatic rings. The van der Waals surface area contributed by atoms with Crippen LogP contribution in [0.5, 0.6) is 0 Å². The van der Waals surface area contributed by atoms with Gasteiger partial charge in [-0.3, -0.25) is 4.79 Å². The van der Waals surface area contributed by atoms with Gasteiger partial charge in [0.25, 0.3) is 5.91 Å². The van der Waals surface area contributed by atoms with Crippen molar-refractivity contribution in [2.45, 2.75) is 13.5 Å². The van der Waals surface area contributed by atoms with Gasteiger partial charge >= 0.3 is 0 Å². The highest BCUT2D eigenvalue weighted by Gasteiger charge is 2.11. The third kappa shape index (κ3) is 3.38. The number of amidine groups is 1. The van der Waals surface area contributed by atoms with E-state index in [-0.39, 0.29) is 29.4 Å². The van der Waals surface area contributed by atoms with Crippen molar-refractivity contribution in [3.63, 3.8) is 0 Å². The predicted octanol–water partition coefficient (Wildman–Crippen LogP) is 1.75. The first-order valence-corrected chi connectivity index (χ1v) is 6.11. The van der Waals surface area contributed by atoms with Crippen molar-refractivity contribution < 1.29 is 18.8 Å². The van der Waals surface area contributed by atoms with Crippen molar-refractivity contribution in [3.05, 3.63) is 58.8 Å². The fourth-order valence-corrected chi connectivity index (χ4v) is 1.75. The maximum atomic E-state index is 13.8. The van der Waals surface area contributed by atoms with Crippen LogP contribution in [0.25, 0.3) is 0 Å². The third-order valence-electron chi connectivity index (χ3n) is 2.89. The Morgan fingerprint density at radius 3 is 2.76 bits per heavy atom. The molecule has 0 spiro atoms. The first-order valence-electron chi connectivity index (χ1n) is 6.11. The number of carbonyl (C=O) groups is 1. The minimum atomic E-state index is -0.553. The van der Waals surface area contributed by atoms with E-state index in [4.69, 9.17) is 15.4 Å². The number of rotatable bonds is 4. The fourth-order valence-electron chi connectivity index (χ4n) is 1.75. The number of nitrogens with zero attached hydrogens (tertiary/aromatic N) is 1. The maximum absolute atomic E-state index is 13.8. The number of carbonyl (C=O) groups excluding carboxylic acids is 1. The molecule has 1 aromatic heterocycles. The first-order chi connectivity index (χ1) is 10.0. The zero-order valence-corrected chi connectivity index (χ0v) is 11.3. The quantitative estimate of drug-likeness (QED) is 0.346. The summed E-state index contributed by atoms with van der Waals surface area (Å²) in [6.45, 7) is 1.74. The minimum Gasteiger partial charge on any atom is -0.469 e. The van der Waals surface area contributed by atoms with Gasteiger partial charge < -0.3 is 20.7 Å². The SMILES string of the molecule is Cc1cc(C(=O)NCc2ccc(/C(N)=N/O)cc2F)co1.